The molecule has 0 atom stereocenters. The summed E-state index contributed by atoms with van der Waals surface area (Å²) in [5.41, 5.74) is 2.40. The van der Waals surface area contributed by atoms with Crippen molar-refractivity contribution in [3.05, 3.63) is 46.2 Å². The Morgan fingerprint density at radius 2 is 2.40 bits per heavy atom. The van der Waals surface area contributed by atoms with Gasteiger partial charge in [-0.25, -0.2) is 9.97 Å². The van der Waals surface area contributed by atoms with Gasteiger partial charge >= 0.3 is 0 Å². The molecule has 0 fully saturated rings. The first-order chi connectivity index (χ1) is 7.27. The molecule has 2 rings (SSSR count). The van der Waals surface area contributed by atoms with Crippen LogP contribution in [0.2, 0.25) is 0 Å². The maximum atomic E-state index is 11.9. The van der Waals surface area contributed by atoms with E-state index >= 15 is 0 Å². The number of carbonyl (C=O) groups excluding carboxylic acids is 1. The van der Waals surface area contributed by atoms with Gasteiger partial charge < -0.3 is 0 Å². The van der Waals surface area contributed by atoms with Gasteiger partial charge in [0, 0.05) is 12.6 Å². The lowest BCUT2D eigenvalue weighted by atomic mass is 10.1. The number of hydrogen-bond acceptors (Lipinski definition) is 4. The fourth-order valence-corrected chi connectivity index (χ4v) is 2.01. The molecule has 0 bridgehead atoms. The standard InChI is InChI=1S/C11H10N2OS/c1-8-10(5-12-7-13-8)11(14)4-9-2-3-15-6-9/h2-3,5-7H,4H2,1H3. The highest BCUT2D eigenvalue weighted by Crippen LogP contribution is 2.11. The quantitative estimate of drug-likeness (QED) is 0.742. The Labute approximate surface area is 91.8 Å². The molecular formula is C11H10N2OS. The zero-order valence-corrected chi connectivity index (χ0v) is 9.12. The summed E-state index contributed by atoms with van der Waals surface area (Å²) in [6.45, 7) is 1.82. The lowest BCUT2D eigenvalue weighted by Crippen LogP contribution is -2.06. The maximum absolute atomic E-state index is 11.9. The van der Waals surface area contributed by atoms with Gasteiger partial charge in [-0.05, 0) is 29.3 Å². The van der Waals surface area contributed by atoms with Crippen molar-refractivity contribution in [2.45, 2.75) is 13.3 Å². The van der Waals surface area contributed by atoms with Gasteiger partial charge in [0.25, 0.3) is 0 Å². The van der Waals surface area contributed by atoms with E-state index in [1.807, 2.05) is 23.8 Å². The minimum Gasteiger partial charge on any atom is -0.294 e. The van der Waals surface area contributed by atoms with E-state index in [4.69, 9.17) is 0 Å². The van der Waals surface area contributed by atoms with Crippen LogP contribution in [-0.2, 0) is 6.42 Å². The van der Waals surface area contributed by atoms with E-state index in [0.29, 0.717) is 12.0 Å². The first-order valence-electron chi connectivity index (χ1n) is 4.58. The van der Waals surface area contributed by atoms with E-state index in [1.165, 1.54) is 6.33 Å². The van der Waals surface area contributed by atoms with Gasteiger partial charge in [0.15, 0.2) is 5.78 Å². The van der Waals surface area contributed by atoms with Crippen LogP contribution in [0.3, 0.4) is 0 Å². The molecule has 0 saturated carbocycles. The van der Waals surface area contributed by atoms with Gasteiger partial charge in [0.1, 0.15) is 6.33 Å². The Morgan fingerprint density at radius 1 is 1.53 bits per heavy atom. The number of hydrogen-bond donors (Lipinski definition) is 0. The second-order valence-corrected chi connectivity index (χ2v) is 4.03. The largest absolute Gasteiger partial charge is 0.294 e. The third-order valence-corrected chi connectivity index (χ3v) is 2.89. The van der Waals surface area contributed by atoms with Crippen LogP contribution >= 0.6 is 11.3 Å². The summed E-state index contributed by atoms with van der Waals surface area (Å²) in [7, 11) is 0. The molecule has 0 aliphatic heterocycles. The molecule has 3 nitrogen and oxygen atoms in total. The van der Waals surface area contributed by atoms with E-state index in [1.54, 1.807) is 17.5 Å². The number of thiophene rings is 1. The molecule has 76 valence electrons. The smallest absolute Gasteiger partial charge is 0.170 e. The highest BCUT2D eigenvalue weighted by Gasteiger charge is 2.10. The number of nitrogens with zero attached hydrogens (tertiary/aromatic N) is 2. The molecule has 0 saturated heterocycles. The van der Waals surface area contributed by atoms with Crippen LogP contribution in [0.25, 0.3) is 0 Å². The van der Waals surface area contributed by atoms with E-state index in [-0.39, 0.29) is 5.78 Å². The Morgan fingerprint density at radius 3 is 3.07 bits per heavy atom. The second kappa shape index (κ2) is 4.31. The van der Waals surface area contributed by atoms with Gasteiger partial charge in [-0.3, -0.25) is 4.79 Å². The van der Waals surface area contributed by atoms with Crippen molar-refractivity contribution < 1.29 is 4.79 Å². The van der Waals surface area contributed by atoms with Crippen LogP contribution in [0.15, 0.2) is 29.4 Å². The van der Waals surface area contributed by atoms with Gasteiger partial charge in [0.05, 0.1) is 11.3 Å². The maximum Gasteiger partial charge on any atom is 0.170 e. The molecule has 0 spiro atoms. The summed E-state index contributed by atoms with van der Waals surface area (Å²) in [5, 5.41) is 3.95. The zero-order chi connectivity index (χ0) is 10.7. The minimum atomic E-state index is 0.0755. The summed E-state index contributed by atoms with van der Waals surface area (Å²) >= 11 is 1.60. The van der Waals surface area contributed by atoms with E-state index < -0.39 is 0 Å². The minimum absolute atomic E-state index is 0.0755. The SMILES string of the molecule is Cc1ncncc1C(=O)Cc1ccsc1. The van der Waals surface area contributed by atoms with Crippen molar-refractivity contribution in [1.29, 1.82) is 0 Å². The predicted molar refractivity (Wildman–Crippen MR) is 59.1 cm³/mol. The van der Waals surface area contributed by atoms with E-state index in [2.05, 4.69) is 9.97 Å². The topological polar surface area (TPSA) is 42.9 Å². The van der Waals surface area contributed by atoms with Crippen LogP contribution in [0, 0.1) is 6.92 Å². The number of Topliss-reactive ketones (excluding diaryl/α,β-unsaturated/α-hetero) is 1. The lowest BCUT2D eigenvalue weighted by Gasteiger charge is -2.01. The number of aromatic nitrogens is 2. The Balaban J connectivity index is 2.19. The van der Waals surface area contributed by atoms with E-state index in [0.717, 1.165) is 11.3 Å². The van der Waals surface area contributed by atoms with Crippen molar-refractivity contribution in [3.63, 3.8) is 0 Å². The summed E-state index contributed by atoms with van der Waals surface area (Å²) in [6, 6.07) is 1.96. The molecule has 0 aliphatic rings. The van der Waals surface area contributed by atoms with Gasteiger partial charge in [-0.1, -0.05) is 0 Å². The first kappa shape index (κ1) is 9.98. The van der Waals surface area contributed by atoms with Crippen molar-refractivity contribution in [3.8, 4) is 0 Å². The molecule has 2 heterocycles. The Kier molecular flexibility index (Phi) is 2.87. The Hall–Kier alpha value is -1.55. The number of rotatable bonds is 3. The summed E-state index contributed by atoms with van der Waals surface area (Å²) < 4.78 is 0. The molecule has 0 N–H and O–H groups in total. The molecule has 15 heavy (non-hydrogen) atoms. The third kappa shape index (κ3) is 2.27. The number of carbonyl (C=O) groups is 1. The average molecular weight is 218 g/mol. The van der Waals surface area contributed by atoms with Crippen LogP contribution in [0.1, 0.15) is 21.6 Å². The zero-order valence-electron chi connectivity index (χ0n) is 8.30. The predicted octanol–water partition coefficient (Wildman–Crippen LogP) is 2.27. The van der Waals surface area contributed by atoms with Crippen molar-refractivity contribution >= 4 is 17.1 Å². The molecule has 0 aliphatic carbocycles. The van der Waals surface area contributed by atoms with Gasteiger partial charge in [-0.15, -0.1) is 0 Å². The monoisotopic (exact) mass is 218 g/mol. The molecular weight excluding hydrogens is 208 g/mol. The molecule has 2 aromatic rings. The van der Waals surface area contributed by atoms with Crippen molar-refractivity contribution in [1.82, 2.24) is 9.97 Å². The number of aryl methyl sites for hydroxylation is 1. The molecule has 0 aromatic carbocycles. The molecule has 0 radical (unpaired) electrons. The van der Waals surface area contributed by atoms with Crippen molar-refractivity contribution in [2.75, 3.05) is 0 Å². The highest BCUT2D eigenvalue weighted by atomic mass is 32.1. The summed E-state index contributed by atoms with van der Waals surface area (Å²) in [5.74, 6) is 0.0755. The molecule has 0 amide bonds. The van der Waals surface area contributed by atoms with Crippen LogP contribution in [0.5, 0.6) is 0 Å². The fourth-order valence-electron chi connectivity index (χ4n) is 1.34. The average Bonchev–Trinajstić information content (AvgIpc) is 2.71. The first-order valence-corrected chi connectivity index (χ1v) is 5.52. The van der Waals surface area contributed by atoms with Gasteiger partial charge in [0.2, 0.25) is 0 Å². The van der Waals surface area contributed by atoms with Crippen molar-refractivity contribution in [2.24, 2.45) is 0 Å². The second-order valence-electron chi connectivity index (χ2n) is 3.25. The van der Waals surface area contributed by atoms with Gasteiger partial charge in [-0.2, -0.15) is 11.3 Å². The van der Waals surface area contributed by atoms with E-state index in [9.17, 15) is 4.79 Å². The lowest BCUT2D eigenvalue weighted by molar-refractivity contribution is 0.0991. The number of ketones is 1. The van der Waals surface area contributed by atoms with Crippen LogP contribution in [0.4, 0.5) is 0 Å². The summed E-state index contributed by atoms with van der Waals surface area (Å²) in [6.07, 6.45) is 3.46. The van der Waals surface area contributed by atoms with Crippen LogP contribution in [-0.4, -0.2) is 15.8 Å². The third-order valence-electron chi connectivity index (χ3n) is 2.16. The molecule has 2 aromatic heterocycles. The van der Waals surface area contributed by atoms with Crippen LogP contribution < -0.4 is 0 Å². The normalized spacial score (nSPS) is 10.2. The molecule has 4 heteroatoms. The Bertz CT molecular complexity index is 465. The highest BCUT2D eigenvalue weighted by molar-refractivity contribution is 7.08. The molecule has 0 unspecified atom stereocenters. The fraction of sp³-hybridized carbons (Fsp3) is 0.182. The summed E-state index contributed by atoms with van der Waals surface area (Å²) in [4.78, 5) is 19.7.